The zero-order valence-electron chi connectivity index (χ0n) is 47.2. The summed E-state index contributed by atoms with van der Waals surface area (Å²) >= 11 is 0. The highest BCUT2D eigenvalue weighted by molar-refractivity contribution is 5.92. The Kier molecular flexibility index (Phi) is 13.9. The Balaban J connectivity index is 0.849. The number of ether oxygens (including phenoxy) is 2. The number of anilines is 6. The SMILES string of the molecule is C=CCOc1ccc(C2(c3ccccc3)c3ccccc3-c3ccc(N(c4ccc(-c5ccc(N(c6cccc(F)c6)c6ccc7c(c6)C(c6ccccc6)(c6ccc(OCC=C)cc6)c6ccccc6-7)cc5)cc4)c4cccc(F)c4)cc32)cc1. The Bertz CT molecular complexity index is 4180. The lowest BCUT2D eigenvalue weighted by Crippen LogP contribution is -2.28. The van der Waals surface area contributed by atoms with Crippen molar-refractivity contribution in [2.24, 2.45) is 0 Å². The number of hydrogen-bond donors (Lipinski definition) is 0. The molecule has 12 aromatic rings. The quantitative estimate of drug-likeness (QED) is 0.0849. The van der Waals surface area contributed by atoms with Crippen molar-refractivity contribution in [1.29, 1.82) is 0 Å². The summed E-state index contributed by atoms with van der Waals surface area (Å²) < 4.78 is 43.0. The molecule has 0 amide bonds. The van der Waals surface area contributed by atoms with Crippen molar-refractivity contribution in [3.8, 4) is 44.9 Å². The molecule has 0 aromatic heterocycles. The van der Waals surface area contributed by atoms with Gasteiger partial charge in [-0.2, -0.15) is 0 Å². The highest BCUT2D eigenvalue weighted by Crippen LogP contribution is 2.59. The topological polar surface area (TPSA) is 24.9 Å². The van der Waals surface area contributed by atoms with Crippen LogP contribution in [-0.4, -0.2) is 13.2 Å². The van der Waals surface area contributed by atoms with Crippen LogP contribution in [0.15, 0.2) is 316 Å². The van der Waals surface area contributed by atoms with Crippen LogP contribution in [0.1, 0.15) is 44.5 Å². The summed E-state index contributed by atoms with van der Waals surface area (Å²) in [6, 6.07) is 99.3. The van der Waals surface area contributed by atoms with Gasteiger partial charge in [0, 0.05) is 34.1 Å². The van der Waals surface area contributed by atoms with Crippen molar-refractivity contribution in [2.45, 2.75) is 10.8 Å². The zero-order valence-corrected chi connectivity index (χ0v) is 47.2. The second-order valence-corrected chi connectivity index (χ2v) is 21.8. The summed E-state index contributed by atoms with van der Waals surface area (Å²) in [5.74, 6) is 0.871. The van der Waals surface area contributed by atoms with Gasteiger partial charge in [-0.15, -0.1) is 0 Å². The van der Waals surface area contributed by atoms with Gasteiger partial charge in [0.15, 0.2) is 0 Å². The number of hydrogen-bond acceptors (Lipinski definition) is 4. The predicted octanol–water partition coefficient (Wildman–Crippen LogP) is 20.4. The van der Waals surface area contributed by atoms with E-state index in [1.54, 1.807) is 36.4 Å². The molecule has 414 valence electrons. The van der Waals surface area contributed by atoms with Gasteiger partial charge in [-0.25, -0.2) is 8.78 Å². The fourth-order valence-electron chi connectivity index (χ4n) is 13.4. The van der Waals surface area contributed by atoms with Crippen molar-refractivity contribution in [1.82, 2.24) is 0 Å². The van der Waals surface area contributed by atoms with Crippen LogP contribution in [0.25, 0.3) is 33.4 Å². The fourth-order valence-corrected chi connectivity index (χ4v) is 13.4. The van der Waals surface area contributed by atoms with Crippen LogP contribution in [0.3, 0.4) is 0 Å². The summed E-state index contributed by atoms with van der Waals surface area (Å²) in [5.41, 5.74) is 19.1. The molecule has 0 heterocycles. The molecule has 2 aliphatic carbocycles. The fraction of sp³-hybridized carbons (Fsp3) is 0.0500. The highest BCUT2D eigenvalue weighted by Gasteiger charge is 2.48. The molecule has 0 saturated carbocycles. The lowest BCUT2D eigenvalue weighted by molar-refractivity contribution is 0.363. The molecule has 0 spiro atoms. The molecule has 86 heavy (non-hydrogen) atoms. The summed E-state index contributed by atoms with van der Waals surface area (Å²) in [6.07, 6.45) is 3.50. The molecule has 2 aliphatic rings. The third-order valence-electron chi connectivity index (χ3n) is 17.0. The number of benzene rings is 12. The third kappa shape index (κ3) is 9.06. The third-order valence-corrected chi connectivity index (χ3v) is 17.0. The maximum absolute atomic E-state index is 15.5. The summed E-state index contributed by atoms with van der Waals surface area (Å²) in [7, 11) is 0. The van der Waals surface area contributed by atoms with E-state index in [0.717, 1.165) is 101 Å². The van der Waals surface area contributed by atoms with Crippen molar-refractivity contribution in [2.75, 3.05) is 23.0 Å². The van der Waals surface area contributed by atoms with Crippen molar-refractivity contribution in [3.63, 3.8) is 0 Å². The van der Waals surface area contributed by atoms with Crippen molar-refractivity contribution < 1.29 is 18.3 Å². The van der Waals surface area contributed by atoms with E-state index in [9.17, 15) is 0 Å². The Labute approximate surface area is 501 Å². The Morgan fingerprint density at radius 2 is 0.640 bits per heavy atom. The number of fused-ring (bicyclic) bond motifs is 6. The second-order valence-electron chi connectivity index (χ2n) is 21.8. The van der Waals surface area contributed by atoms with Crippen LogP contribution in [0.2, 0.25) is 0 Å². The van der Waals surface area contributed by atoms with Gasteiger partial charge in [0.05, 0.1) is 10.8 Å². The summed E-state index contributed by atoms with van der Waals surface area (Å²) in [6.45, 7) is 8.51. The van der Waals surface area contributed by atoms with E-state index in [-0.39, 0.29) is 11.6 Å². The van der Waals surface area contributed by atoms with Crippen LogP contribution < -0.4 is 19.3 Å². The minimum atomic E-state index is -0.693. The standard InChI is InChI=1S/C80H58F2N2O2/c1-3-49-85-69-43-33-59(34-44-69)79(57-17-7-5-8-18-57)75-27-13-11-25-71(75)73-47-41-67(53-77(73)79)83(65-23-15-21-61(81)51-65)63-37-29-55(30-38-63)56-31-39-64(40-32-56)84(66-24-16-22-62(82)52-66)68-42-48-74-72-26-12-14-28-76(72)80(78(74)54-68,58-19-9-6-10-20-58)60-35-45-70(46-36-60)86-50-4-2/h3-48,51-54H,1-2,49-50H2. The molecule has 0 fully saturated rings. The van der Waals surface area contributed by atoms with E-state index >= 15 is 8.78 Å². The molecule has 0 saturated heterocycles. The van der Waals surface area contributed by atoms with Gasteiger partial charge in [-0.3, -0.25) is 0 Å². The van der Waals surface area contributed by atoms with Crippen LogP contribution in [0, 0.1) is 11.6 Å². The maximum atomic E-state index is 15.5. The van der Waals surface area contributed by atoms with Gasteiger partial charge >= 0.3 is 0 Å². The molecule has 14 rings (SSSR count). The maximum Gasteiger partial charge on any atom is 0.125 e. The van der Waals surface area contributed by atoms with Crippen LogP contribution >= 0.6 is 0 Å². The average molecular weight is 1120 g/mol. The lowest BCUT2D eigenvalue weighted by Gasteiger charge is -2.35. The number of rotatable bonds is 17. The van der Waals surface area contributed by atoms with Gasteiger partial charge < -0.3 is 19.3 Å². The van der Waals surface area contributed by atoms with E-state index in [0.29, 0.717) is 24.6 Å². The molecule has 4 nitrogen and oxygen atoms in total. The first-order chi connectivity index (χ1) is 42.4. The summed E-state index contributed by atoms with van der Waals surface area (Å²) in [4.78, 5) is 4.26. The molecular weight excluding hydrogens is 1060 g/mol. The second kappa shape index (κ2) is 22.4. The van der Waals surface area contributed by atoms with E-state index < -0.39 is 10.8 Å². The average Bonchev–Trinajstić information content (AvgIpc) is 1.79. The van der Waals surface area contributed by atoms with Crippen LogP contribution in [0.5, 0.6) is 11.5 Å². The van der Waals surface area contributed by atoms with Crippen LogP contribution in [0.4, 0.5) is 42.9 Å². The van der Waals surface area contributed by atoms with E-state index in [1.807, 2.05) is 36.4 Å². The molecule has 2 atom stereocenters. The van der Waals surface area contributed by atoms with E-state index in [4.69, 9.17) is 9.47 Å². The number of nitrogens with zero attached hydrogens (tertiary/aromatic N) is 2. The molecule has 6 heteroatoms. The molecule has 0 radical (unpaired) electrons. The normalized spacial score (nSPS) is 15.1. The van der Waals surface area contributed by atoms with Crippen molar-refractivity contribution >= 4 is 34.1 Å². The van der Waals surface area contributed by atoms with Gasteiger partial charge in [0.1, 0.15) is 36.3 Å². The van der Waals surface area contributed by atoms with Gasteiger partial charge in [-0.05, 0) is 187 Å². The minimum absolute atomic E-state index is 0.330. The first-order valence-corrected chi connectivity index (χ1v) is 29.0. The first-order valence-electron chi connectivity index (χ1n) is 29.0. The molecule has 2 unspecified atom stereocenters. The predicted molar refractivity (Wildman–Crippen MR) is 347 cm³/mol. The van der Waals surface area contributed by atoms with E-state index in [2.05, 4.69) is 241 Å². The molecule has 12 aromatic carbocycles. The molecule has 0 N–H and O–H groups in total. The van der Waals surface area contributed by atoms with Crippen LogP contribution in [-0.2, 0) is 10.8 Å². The van der Waals surface area contributed by atoms with Gasteiger partial charge in [0.2, 0.25) is 0 Å². The van der Waals surface area contributed by atoms with Gasteiger partial charge in [0.25, 0.3) is 0 Å². The number of halogens is 2. The zero-order chi connectivity index (χ0) is 58.2. The molecule has 0 bridgehead atoms. The molecular formula is C80H58F2N2O2. The lowest BCUT2D eigenvalue weighted by atomic mass is 9.67. The first kappa shape index (κ1) is 53.2. The van der Waals surface area contributed by atoms with Gasteiger partial charge in [-0.1, -0.05) is 207 Å². The molecule has 0 aliphatic heterocycles. The minimum Gasteiger partial charge on any atom is -0.490 e. The van der Waals surface area contributed by atoms with E-state index in [1.165, 1.54) is 23.3 Å². The monoisotopic (exact) mass is 1120 g/mol. The van der Waals surface area contributed by atoms with Crippen molar-refractivity contribution in [3.05, 3.63) is 373 Å². The summed E-state index contributed by atoms with van der Waals surface area (Å²) in [5, 5.41) is 0. The highest BCUT2D eigenvalue weighted by atomic mass is 19.1. The Morgan fingerprint density at radius 1 is 0.302 bits per heavy atom. The Hall–Kier alpha value is -10.8. The Morgan fingerprint density at radius 3 is 1.02 bits per heavy atom. The largest absolute Gasteiger partial charge is 0.490 e. The smallest absolute Gasteiger partial charge is 0.125 e.